The Kier molecular flexibility index (Phi) is 4.66. The Morgan fingerprint density at radius 1 is 1.60 bits per heavy atom. The Morgan fingerprint density at radius 3 is 2.87 bits per heavy atom. The molecule has 0 aromatic heterocycles. The third kappa shape index (κ3) is 2.98. The van der Waals surface area contributed by atoms with E-state index in [0.29, 0.717) is 10.8 Å². The summed E-state index contributed by atoms with van der Waals surface area (Å²) in [5.74, 6) is 0.707. The number of hydrogen-bond donors (Lipinski definition) is 1. The van der Waals surface area contributed by atoms with Gasteiger partial charge in [0, 0.05) is 6.04 Å². The summed E-state index contributed by atoms with van der Waals surface area (Å²) in [6.45, 7) is 3.74. The molecule has 1 aromatic rings. The van der Waals surface area contributed by atoms with Gasteiger partial charge in [-0.2, -0.15) is 0 Å². The van der Waals surface area contributed by atoms with Crippen LogP contribution in [0, 0.1) is 0 Å². The highest BCUT2D eigenvalue weighted by Gasteiger charge is 2.09. The number of methoxy groups -OCH3 is 1. The van der Waals surface area contributed by atoms with Crippen LogP contribution in [0.15, 0.2) is 30.9 Å². The molecule has 0 aliphatic heterocycles. The highest BCUT2D eigenvalue weighted by atomic mass is 35.5. The zero-order valence-electron chi connectivity index (χ0n) is 9.09. The van der Waals surface area contributed by atoms with Crippen molar-refractivity contribution in [2.75, 3.05) is 14.2 Å². The summed E-state index contributed by atoms with van der Waals surface area (Å²) in [6, 6.07) is 6.06. The summed E-state index contributed by atoms with van der Waals surface area (Å²) in [7, 11) is 3.54. The van der Waals surface area contributed by atoms with Crippen molar-refractivity contribution in [3.05, 3.63) is 41.4 Å². The average Bonchev–Trinajstić information content (AvgIpc) is 2.27. The fourth-order valence-electron chi connectivity index (χ4n) is 1.48. The molecular formula is C12H16ClNO. The molecular weight excluding hydrogens is 210 g/mol. The van der Waals surface area contributed by atoms with Crippen molar-refractivity contribution in [3.63, 3.8) is 0 Å². The molecule has 0 saturated heterocycles. The lowest BCUT2D eigenvalue weighted by molar-refractivity contribution is 0.413. The first kappa shape index (κ1) is 12.1. The maximum Gasteiger partial charge on any atom is 0.137 e. The Labute approximate surface area is 95.9 Å². The zero-order valence-corrected chi connectivity index (χ0v) is 9.84. The molecule has 0 aliphatic carbocycles. The van der Waals surface area contributed by atoms with Crippen LogP contribution in [0.4, 0.5) is 0 Å². The van der Waals surface area contributed by atoms with E-state index >= 15 is 0 Å². The third-order valence-corrected chi connectivity index (χ3v) is 2.64. The molecule has 82 valence electrons. The van der Waals surface area contributed by atoms with Gasteiger partial charge in [-0.05, 0) is 31.2 Å². The minimum atomic E-state index is 0.258. The van der Waals surface area contributed by atoms with Gasteiger partial charge in [-0.25, -0.2) is 0 Å². The van der Waals surface area contributed by atoms with Crippen molar-refractivity contribution in [1.29, 1.82) is 0 Å². The largest absolute Gasteiger partial charge is 0.495 e. The lowest BCUT2D eigenvalue weighted by atomic mass is 10.0. The van der Waals surface area contributed by atoms with E-state index in [1.165, 1.54) is 0 Å². The lowest BCUT2D eigenvalue weighted by Crippen LogP contribution is -2.15. The van der Waals surface area contributed by atoms with E-state index in [-0.39, 0.29) is 6.04 Å². The van der Waals surface area contributed by atoms with Gasteiger partial charge in [-0.3, -0.25) is 0 Å². The topological polar surface area (TPSA) is 21.3 Å². The number of rotatable bonds is 5. The van der Waals surface area contributed by atoms with Gasteiger partial charge in [-0.1, -0.05) is 23.7 Å². The molecule has 0 amide bonds. The highest BCUT2D eigenvalue weighted by molar-refractivity contribution is 6.32. The van der Waals surface area contributed by atoms with E-state index in [0.717, 1.165) is 12.0 Å². The predicted octanol–water partition coefficient (Wildman–Crippen LogP) is 3.19. The number of halogens is 1. The maximum absolute atomic E-state index is 5.96. The number of benzene rings is 1. The van der Waals surface area contributed by atoms with Crippen LogP contribution in [0.5, 0.6) is 5.75 Å². The van der Waals surface area contributed by atoms with Gasteiger partial charge in [-0.15, -0.1) is 6.58 Å². The second-order valence-corrected chi connectivity index (χ2v) is 3.67. The number of ether oxygens (including phenoxy) is 1. The van der Waals surface area contributed by atoms with Crippen LogP contribution in [-0.4, -0.2) is 14.2 Å². The first-order valence-corrected chi connectivity index (χ1v) is 5.22. The Morgan fingerprint density at radius 2 is 2.33 bits per heavy atom. The summed E-state index contributed by atoms with van der Waals surface area (Å²) >= 11 is 5.96. The molecule has 1 atom stereocenters. The van der Waals surface area contributed by atoms with E-state index in [1.807, 2.05) is 31.3 Å². The molecule has 0 radical (unpaired) electrons. The molecule has 1 unspecified atom stereocenters. The minimum Gasteiger partial charge on any atom is -0.495 e. The number of hydrogen-bond acceptors (Lipinski definition) is 2. The molecule has 0 spiro atoms. The summed E-state index contributed by atoms with van der Waals surface area (Å²) in [6.07, 6.45) is 2.77. The van der Waals surface area contributed by atoms with Crippen molar-refractivity contribution in [2.45, 2.75) is 12.5 Å². The molecule has 1 rings (SSSR count). The Hall–Kier alpha value is -0.990. The lowest BCUT2D eigenvalue weighted by Gasteiger charge is -2.15. The Balaban J connectivity index is 2.97. The van der Waals surface area contributed by atoms with Crippen molar-refractivity contribution < 1.29 is 4.74 Å². The molecule has 15 heavy (non-hydrogen) atoms. The molecule has 2 nitrogen and oxygen atoms in total. The van der Waals surface area contributed by atoms with Gasteiger partial charge in [0.1, 0.15) is 5.75 Å². The van der Waals surface area contributed by atoms with Gasteiger partial charge in [0.25, 0.3) is 0 Å². The van der Waals surface area contributed by atoms with Crippen LogP contribution in [-0.2, 0) is 0 Å². The van der Waals surface area contributed by atoms with Crippen LogP contribution in [0.3, 0.4) is 0 Å². The summed E-state index contributed by atoms with van der Waals surface area (Å²) in [5, 5.41) is 3.85. The van der Waals surface area contributed by atoms with Crippen molar-refractivity contribution in [2.24, 2.45) is 0 Å². The molecule has 0 saturated carbocycles. The molecule has 0 bridgehead atoms. The molecule has 1 aromatic carbocycles. The van der Waals surface area contributed by atoms with Crippen molar-refractivity contribution >= 4 is 11.6 Å². The van der Waals surface area contributed by atoms with Crippen molar-refractivity contribution in [3.8, 4) is 5.75 Å². The molecule has 0 aliphatic rings. The summed E-state index contributed by atoms with van der Waals surface area (Å²) in [4.78, 5) is 0. The minimum absolute atomic E-state index is 0.258. The molecule has 1 N–H and O–H groups in total. The predicted molar refractivity (Wildman–Crippen MR) is 64.6 cm³/mol. The van der Waals surface area contributed by atoms with Crippen LogP contribution in [0.1, 0.15) is 18.0 Å². The van der Waals surface area contributed by atoms with E-state index < -0.39 is 0 Å². The van der Waals surface area contributed by atoms with Gasteiger partial charge in [0.15, 0.2) is 0 Å². The van der Waals surface area contributed by atoms with E-state index in [1.54, 1.807) is 7.11 Å². The second-order valence-electron chi connectivity index (χ2n) is 3.26. The quantitative estimate of drug-likeness (QED) is 0.778. The third-order valence-electron chi connectivity index (χ3n) is 2.33. The van der Waals surface area contributed by atoms with Gasteiger partial charge in [0.05, 0.1) is 12.1 Å². The highest BCUT2D eigenvalue weighted by Crippen LogP contribution is 2.28. The van der Waals surface area contributed by atoms with Gasteiger partial charge >= 0.3 is 0 Å². The first-order valence-electron chi connectivity index (χ1n) is 4.84. The second kappa shape index (κ2) is 5.79. The van der Waals surface area contributed by atoms with Crippen LogP contribution in [0.25, 0.3) is 0 Å². The molecule has 0 heterocycles. The monoisotopic (exact) mass is 225 g/mol. The standard InChI is InChI=1S/C12H16ClNO/c1-4-5-11(14-2)9-6-7-10(13)12(8-9)15-3/h4,6-8,11,14H,1,5H2,2-3H3. The fourth-order valence-corrected chi connectivity index (χ4v) is 1.68. The van der Waals surface area contributed by atoms with Crippen LogP contribution < -0.4 is 10.1 Å². The number of nitrogens with one attached hydrogen (secondary N) is 1. The first-order chi connectivity index (χ1) is 7.22. The zero-order chi connectivity index (χ0) is 11.3. The summed E-state index contributed by atoms with van der Waals surface area (Å²) in [5.41, 5.74) is 1.15. The molecule has 0 fully saturated rings. The SMILES string of the molecule is C=CCC(NC)c1ccc(Cl)c(OC)c1. The van der Waals surface area contributed by atoms with E-state index in [9.17, 15) is 0 Å². The van der Waals surface area contributed by atoms with Crippen LogP contribution in [0.2, 0.25) is 5.02 Å². The smallest absolute Gasteiger partial charge is 0.137 e. The van der Waals surface area contributed by atoms with Gasteiger partial charge < -0.3 is 10.1 Å². The Bertz CT molecular complexity index is 338. The van der Waals surface area contributed by atoms with Crippen molar-refractivity contribution in [1.82, 2.24) is 5.32 Å². The fraction of sp³-hybridized carbons (Fsp3) is 0.333. The van der Waals surface area contributed by atoms with Crippen LogP contribution >= 0.6 is 11.6 Å². The van der Waals surface area contributed by atoms with E-state index in [4.69, 9.17) is 16.3 Å². The normalized spacial score (nSPS) is 12.2. The summed E-state index contributed by atoms with van der Waals surface area (Å²) < 4.78 is 5.17. The molecule has 3 heteroatoms. The van der Waals surface area contributed by atoms with Gasteiger partial charge in [0.2, 0.25) is 0 Å². The maximum atomic E-state index is 5.96. The average molecular weight is 226 g/mol. The van der Waals surface area contributed by atoms with E-state index in [2.05, 4.69) is 11.9 Å².